The molecule has 1 heterocycles. The summed E-state index contributed by atoms with van der Waals surface area (Å²) in [7, 11) is 0. The summed E-state index contributed by atoms with van der Waals surface area (Å²) in [6, 6.07) is 0.173. The molecule has 2 N–H and O–H groups in total. The Hall–Kier alpha value is 0.360. The first kappa shape index (κ1) is 8.46. The molecule has 3 atom stereocenters. The summed E-state index contributed by atoms with van der Waals surface area (Å²) in [5.41, 5.74) is 5.58. The second-order valence-corrected chi connectivity index (χ2v) is 3.46. The van der Waals surface area contributed by atoms with Gasteiger partial charge in [-0.3, -0.25) is 0 Å². The Morgan fingerprint density at radius 1 is 1.70 bits per heavy atom. The summed E-state index contributed by atoms with van der Waals surface area (Å²) < 4.78 is 10.3. The minimum Gasteiger partial charge on any atom is -0.348 e. The highest BCUT2D eigenvalue weighted by atomic mass is 79.9. The van der Waals surface area contributed by atoms with Gasteiger partial charge in [0.05, 0.1) is 6.10 Å². The van der Waals surface area contributed by atoms with E-state index in [2.05, 4.69) is 15.9 Å². The molecule has 0 bridgehead atoms. The Bertz CT molecular complexity index is 110. The van der Waals surface area contributed by atoms with E-state index in [1.165, 1.54) is 0 Å². The van der Waals surface area contributed by atoms with Crippen molar-refractivity contribution in [2.75, 3.05) is 6.79 Å². The van der Waals surface area contributed by atoms with Crippen LogP contribution in [0.3, 0.4) is 0 Å². The molecule has 1 aliphatic heterocycles. The molecule has 0 saturated carbocycles. The van der Waals surface area contributed by atoms with E-state index in [4.69, 9.17) is 15.2 Å². The average Bonchev–Trinajstić information content (AvgIpc) is 2.15. The molecule has 3 nitrogen and oxygen atoms in total. The second kappa shape index (κ2) is 3.67. The number of halogens is 1. The fraction of sp³-hybridized carbons (Fsp3) is 1.00. The molecule has 0 radical (unpaired) electrons. The first-order valence-electron chi connectivity index (χ1n) is 3.33. The number of hydrogen-bond donors (Lipinski definition) is 1. The largest absolute Gasteiger partial charge is 0.348 e. The van der Waals surface area contributed by atoms with Gasteiger partial charge >= 0.3 is 0 Å². The van der Waals surface area contributed by atoms with Crippen molar-refractivity contribution in [3.8, 4) is 0 Å². The van der Waals surface area contributed by atoms with Crippen molar-refractivity contribution in [1.82, 2.24) is 0 Å². The van der Waals surface area contributed by atoms with E-state index < -0.39 is 0 Å². The van der Waals surface area contributed by atoms with Crippen LogP contribution in [0.2, 0.25) is 0 Å². The molecule has 1 rings (SSSR count). The molecule has 0 spiro atoms. The van der Waals surface area contributed by atoms with Gasteiger partial charge in [-0.15, -0.1) is 0 Å². The third-order valence-corrected chi connectivity index (χ3v) is 2.26. The molecule has 60 valence electrons. The topological polar surface area (TPSA) is 44.5 Å². The zero-order valence-electron chi connectivity index (χ0n) is 5.92. The van der Waals surface area contributed by atoms with Crippen molar-refractivity contribution in [2.45, 2.75) is 30.5 Å². The average molecular weight is 210 g/mol. The summed E-state index contributed by atoms with van der Waals surface area (Å²) >= 11 is 3.33. The molecule has 3 unspecified atom stereocenters. The first-order chi connectivity index (χ1) is 4.70. The quantitative estimate of drug-likeness (QED) is 0.686. The molecule has 1 saturated heterocycles. The Labute approximate surface area is 69.0 Å². The van der Waals surface area contributed by atoms with E-state index in [9.17, 15) is 0 Å². The third kappa shape index (κ3) is 2.20. The lowest BCUT2D eigenvalue weighted by molar-refractivity contribution is 0.0424. The van der Waals surface area contributed by atoms with Gasteiger partial charge in [0.2, 0.25) is 0 Å². The Morgan fingerprint density at radius 3 is 2.80 bits per heavy atom. The van der Waals surface area contributed by atoms with Crippen LogP contribution in [0.25, 0.3) is 0 Å². The van der Waals surface area contributed by atoms with Gasteiger partial charge in [-0.25, -0.2) is 0 Å². The summed E-state index contributed by atoms with van der Waals surface area (Å²) in [5.74, 6) is 0. The van der Waals surface area contributed by atoms with E-state index in [1.807, 2.05) is 6.92 Å². The normalized spacial score (nSPS) is 36.3. The van der Waals surface area contributed by atoms with Crippen molar-refractivity contribution in [3.05, 3.63) is 0 Å². The van der Waals surface area contributed by atoms with Gasteiger partial charge in [-0.2, -0.15) is 0 Å². The minimum atomic E-state index is 0.0264. The predicted octanol–water partition coefficient (Wildman–Crippen LogP) is 0.818. The van der Waals surface area contributed by atoms with E-state index in [0.29, 0.717) is 6.79 Å². The second-order valence-electron chi connectivity index (χ2n) is 2.55. The van der Waals surface area contributed by atoms with Crippen LogP contribution in [0.4, 0.5) is 0 Å². The van der Waals surface area contributed by atoms with Gasteiger partial charge in [0.15, 0.2) is 0 Å². The lowest BCUT2D eigenvalue weighted by Gasteiger charge is -2.12. The maximum atomic E-state index is 5.58. The van der Waals surface area contributed by atoms with Crippen LogP contribution < -0.4 is 5.73 Å². The Balaban J connectivity index is 2.26. The molecular weight excluding hydrogens is 198 g/mol. The Kier molecular flexibility index (Phi) is 3.10. The van der Waals surface area contributed by atoms with Gasteiger partial charge in [0.25, 0.3) is 0 Å². The van der Waals surface area contributed by atoms with Gasteiger partial charge in [0, 0.05) is 6.04 Å². The van der Waals surface area contributed by atoms with Gasteiger partial charge in [-0.1, -0.05) is 15.9 Å². The lowest BCUT2D eigenvalue weighted by atomic mass is 10.2. The third-order valence-electron chi connectivity index (χ3n) is 1.41. The maximum Gasteiger partial charge on any atom is 0.148 e. The van der Waals surface area contributed by atoms with Gasteiger partial charge in [-0.05, 0) is 13.3 Å². The highest BCUT2D eigenvalue weighted by molar-refractivity contribution is 9.09. The summed E-state index contributed by atoms with van der Waals surface area (Å²) in [6.45, 7) is 2.34. The molecular formula is C6H12BrNO2. The van der Waals surface area contributed by atoms with Crippen molar-refractivity contribution < 1.29 is 9.47 Å². The summed E-state index contributed by atoms with van der Waals surface area (Å²) in [4.78, 5) is 0. The molecule has 0 aliphatic carbocycles. The van der Waals surface area contributed by atoms with E-state index in [-0.39, 0.29) is 17.2 Å². The van der Waals surface area contributed by atoms with E-state index in [1.54, 1.807) is 0 Å². The Morgan fingerprint density at radius 2 is 2.40 bits per heavy atom. The van der Waals surface area contributed by atoms with Crippen LogP contribution in [-0.2, 0) is 9.47 Å². The van der Waals surface area contributed by atoms with E-state index >= 15 is 0 Å². The fourth-order valence-corrected chi connectivity index (χ4v) is 1.39. The van der Waals surface area contributed by atoms with Crippen LogP contribution in [0.1, 0.15) is 13.3 Å². The molecule has 1 aliphatic rings. The van der Waals surface area contributed by atoms with Crippen molar-refractivity contribution in [3.63, 3.8) is 0 Å². The predicted molar refractivity (Wildman–Crippen MR) is 41.8 cm³/mol. The first-order valence-corrected chi connectivity index (χ1v) is 4.24. The van der Waals surface area contributed by atoms with Crippen molar-refractivity contribution >= 4 is 15.9 Å². The van der Waals surface area contributed by atoms with Gasteiger partial charge in [0.1, 0.15) is 11.8 Å². The van der Waals surface area contributed by atoms with Crippen molar-refractivity contribution in [2.24, 2.45) is 5.73 Å². The van der Waals surface area contributed by atoms with Gasteiger partial charge < -0.3 is 15.2 Å². The molecule has 1 fully saturated rings. The van der Waals surface area contributed by atoms with Crippen LogP contribution in [0, 0.1) is 0 Å². The molecule has 10 heavy (non-hydrogen) atoms. The zero-order chi connectivity index (χ0) is 7.56. The zero-order valence-corrected chi connectivity index (χ0v) is 7.50. The number of hydrogen-bond acceptors (Lipinski definition) is 3. The molecule has 0 amide bonds. The highest BCUT2D eigenvalue weighted by Gasteiger charge is 2.27. The van der Waals surface area contributed by atoms with Crippen LogP contribution >= 0.6 is 15.9 Å². The molecule has 0 aromatic heterocycles. The van der Waals surface area contributed by atoms with Crippen LogP contribution in [0.5, 0.6) is 0 Å². The van der Waals surface area contributed by atoms with E-state index in [0.717, 1.165) is 6.42 Å². The summed E-state index contributed by atoms with van der Waals surface area (Å²) in [6.07, 6.45) is 0.968. The fourth-order valence-electron chi connectivity index (χ4n) is 0.916. The number of rotatable bonds is 2. The monoisotopic (exact) mass is 209 g/mol. The van der Waals surface area contributed by atoms with Crippen molar-refractivity contribution in [1.29, 1.82) is 0 Å². The SMILES string of the molecule is CC(N)CC1OCOC1Br. The molecule has 0 aromatic carbocycles. The molecule has 4 heteroatoms. The number of ether oxygens (including phenoxy) is 2. The van der Waals surface area contributed by atoms with Crippen LogP contribution in [0.15, 0.2) is 0 Å². The minimum absolute atomic E-state index is 0.0264. The lowest BCUT2D eigenvalue weighted by Crippen LogP contribution is -2.26. The maximum absolute atomic E-state index is 5.58. The standard InChI is InChI=1S/C6H12BrNO2/c1-4(8)2-5-6(7)10-3-9-5/h4-6H,2-3,8H2,1H3. The highest BCUT2D eigenvalue weighted by Crippen LogP contribution is 2.21. The number of nitrogens with two attached hydrogens (primary N) is 1. The smallest absolute Gasteiger partial charge is 0.148 e. The summed E-state index contributed by atoms with van der Waals surface area (Å²) in [5, 5.41) is 0.0264. The number of alkyl halides is 1. The van der Waals surface area contributed by atoms with Crippen LogP contribution in [-0.4, -0.2) is 24.0 Å². The molecule has 0 aromatic rings.